The molecular weight excluding hydrogens is 360 g/mol. The van der Waals surface area contributed by atoms with Gasteiger partial charge in [-0.15, -0.1) is 12.4 Å². The first-order valence-corrected chi connectivity index (χ1v) is 9.35. The molecule has 0 radical (unpaired) electrons. The number of benzene rings is 2. The van der Waals surface area contributed by atoms with Gasteiger partial charge < -0.3 is 15.8 Å². The van der Waals surface area contributed by atoms with Gasteiger partial charge in [-0.25, -0.2) is 0 Å². The van der Waals surface area contributed by atoms with E-state index in [1.807, 2.05) is 37.3 Å². The van der Waals surface area contributed by atoms with Gasteiger partial charge in [-0.2, -0.15) is 0 Å². The smallest absolute Gasteiger partial charge is 0.223 e. The number of nitrogens with one attached hydrogen (secondary N) is 1. The van der Waals surface area contributed by atoms with E-state index in [9.17, 15) is 4.79 Å². The van der Waals surface area contributed by atoms with Gasteiger partial charge in [0.25, 0.3) is 0 Å². The summed E-state index contributed by atoms with van der Waals surface area (Å²) in [6.07, 6.45) is 2.63. The molecule has 1 aliphatic carbocycles. The predicted molar refractivity (Wildman–Crippen MR) is 111 cm³/mol. The third kappa shape index (κ3) is 5.98. The normalized spacial score (nSPS) is 19.8. The molecule has 0 aromatic heterocycles. The first kappa shape index (κ1) is 21.3. The van der Waals surface area contributed by atoms with E-state index in [1.165, 1.54) is 5.56 Å². The van der Waals surface area contributed by atoms with Crippen LogP contribution in [-0.4, -0.2) is 11.9 Å². The number of carbonyl (C=O) groups is 1. The van der Waals surface area contributed by atoms with Crippen molar-refractivity contribution in [2.24, 2.45) is 11.7 Å². The van der Waals surface area contributed by atoms with E-state index in [-0.39, 0.29) is 36.3 Å². The molecule has 2 aromatic carbocycles. The van der Waals surface area contributed by atoms with Crippen LogP contribution >= 0.6 is 12.4 Å². The predicted octanol–water partition coefficient (Wildman–Crippen LogP) is 4.30. The standard InChI is InChI=1S/C22H28N2O2.ClH/c1-15-4-3-5-17(12-15)14-26-21-10-7-18(8-11-21)16(2)24-22(25)19-6-9-20(23)13-19;/h3-5,7-8,10-12,16,19-20H,6,9,13-14,23H2,1-2H3,(H,24,25);1H. The van der Waals surface area contributed by atoms with Gasteiger partial charge in [-0.05, 0) is 56.4 Å². The molecule has 5 heteroatoms. The zero-order chi connectivity index (χ0) is 18.5. The molecule has 0 aliphatic heterocycles. The van der Waals surface area contributed by atoms with Crippen molar-refractivity contribution in [3.05, 3.63) is 65.2 Å². The number of nitrogens with two attached hydrogens (primary N) is 1. The van der Waals surface area contributed by atoms with Crippen LogP contribution in [0, 0.1) is 12.8 Å². The topological polar surface area (TPSA) is 64.3 Å². The molecule has 3 atom stereocenters. The molecule has 1 aliphatic rings. The highest BCUT2D eigenvalue weighted by Gasteiger charge is 2.28. The van der Waals surface area contributed by atoms with Crippen LogP contribution in [0.2, 0.25) is 0 Å². The molecule has 1 fully saturated rings. The maximum Gasteiger partial charge on any atom is 0.223 e. The van der Waals surface area contributed by atoms with Gasteiger partial charge >= 0.3 is 0 Å². The number of amides is 1. The minimum Gasteiger partial charge on any atom is -0.489 e. The van der Waals surface area contributed by atoms with Crippen LogP contribution in [0.3, 0.4) is 0 Å². The third-order valence-electron chi connectivity index (χ3n) is 5.07. The maximum atomic E-state index is 12.3. The SMILES string of the molecule is Cc1cccc(COc2ccc(C(C)NC(=O)C3CCC(N)C3)cc2)c1.Cl. The second-order valence-corrected chi connectivity index (χ2v) is 7.35. The summed E-state index contributed by atoms with van der Waals surface area (Å²) in [5.74, 6) is 1.00. The fourth-order valence-electron chi connectivity index (χ4n) is 3.49. The van der Waals surface area contributed by atoms with E-state index in [2.05, 4.69) is 30.4 Å². The quantitative estimate of drug-likeness (QED) is 0.775. The Morgan fingerprint density at radius 3 is 2.59 bits per heavy atom. The van der Waals surface area contributed by atoms with E-state index in [4.69, 9.17) is 10.5 Å². The first-order chi connectivity index (χ1) is 12.5. The van der Waals surface area contributed by atoms with Crippen molar-refractivity contribution in [1.29, 1.82) is 0 Å². The molecule has 146 valence electrons. The summed E-state index contributed by atoms with van der Waals surface area (Å²) in [5, 5.41) is 3.11. The van der Waals surface area contributed by atoms with Crippen molar-refractivity contribution in [2.45, 2.75) is 51.8 Å². The zero-order valence-electron chi connectivity index (χ0n) is 16.0. The molecular formula is C22H29ClN2O2. The number of halogens is 1. The second-order valence-electron chi connectivity index (χ2n) is 7.35. The number of aryl methyl sites for hydroxylation is 1. The van der Waals surface area contributed by atoms with Gasteiger partial charge in [-0.3, -0.25) is 4.79 Å². The molecule has 4 nitrogen and oxygen atoms in total. The molecule has 0 heterocycles. The fraction of sp³-hybridized carbons (Fsp3) is 0.409. The van der Waals surface area contributed by atoms with Gasteiger partial charge in [0.15, 0.2) is 0 Å². The van der Waals surface area contributed by atoms with Crippen LogP contribution in [0.5, 0.6) is 5.75 Å². The maximum absolute atomic E-state index is 12.3. The monoisotopic (exact) mass is 388 g/mol. The Labute approximate surface area is 167 Å². The number of rotatable bonds is 6. The summed E-state index contributed by atoms with van der Waals surface area (Å²) in [6.45, 7) is 4.64. The highest BCUT2D eigenvalue weighted by atomic mass is 35.5. The summed E-state index contributed by atoms with van der Waals surface area (Å²) < 4.78 is 5.85. The lowest BCUT2D eigenvalue weighted by atomic mass is 10.0. The highest BCUT2D eigenvalue weighted by molar-refractivity contribution is 5.85. The van der Waals surface area contributed by atoms with Crippen LogP contribution in [0.25, 0.3) is 0 Å². The molecule has 3 N–H and O–H groups in total. The second kappa shape index (κ2) is 9.77. The van der Waals surface area contributed by atoms with Crippen LogP contribution in [0.15, 0.2) is 48.5 Å². The minimum absolute atomic E-state index is 0. The van der Waals surface area contributed by atoms with Crippen molar-refractivity contribution in [3.63, 3.8) is 0 Å². The molecule has 0 spiro atoms. The lowest BCUT2D eigenvalue weighted by molar-refractivity contribution is -0.125. The molecule has 2 aromatic rings. The summed E-state index contributed by atoms with van der Waals surface area (Å²) in [5.41, 5.74) is 9.37. The number of hydrogen-bond acceptors (Lipinski definition) is 3. The Kier molecular flexibility index (Phi) is 7.69. The number of hydrogen-bond donors (Lipinski definition) is 2. The van der Waals surface area contributed by atoms with E-state index in [0.29, 0.717) is 6.61 Å². The van der Waals surface area contributed by atoms with Crippen molar-refractivity contribution in [3.8, 4) is 5.75 Å². The highest BCUT2D eigenvalue weighted by Crippen LogP contribution is 2.25. The van der Waals surface area contributed by atoms with Gasteiger partial charge in [0.2, 0.25) is 5.91 Å². The molecule has 0 saturated heterocycles. The Balaban J connectivity index is 0.00000261. The van der Waals surface area contributed by atoms with Crippen LogP contribution in [0.4, 0.5) is 0 Å². The Hall–Kier alpha value is -2.04. The molecule has 1 saturated carbocycles. The van der Waals surface area contributed by atoms with Crippen molar-refractivity contribution < 1.29 is 9.53 Å². The van der Waals surface area contributed by atoms with Gasteiger partial charge in [-0.1, -0.05) is 42.0 Å². The van der Waals surface area contributed by atoms with E-state index in [1.54, 1.807) is 0 Å². The molecule has 3 rings (SSSR count). The first-order valence-electron chi connectivity index (χ1n) is 9.35. The molecule has 1 amide bonds. The van der Waals surface area contributed by atoms with Crippen LogP contribution < -0.4 is 15.8 Å². The summed E-state index contributed by atoms with van der Waals surface area (Å²) in [7, 11) is 0. The van der Waals surface area contributed by atoms with E-state index < -0.39 is 0 Å². The van der Waals surface area contributed by atoms with Gasteiger partial charge in [0, 0.05) is 12.0 Å². The van der Waals surface area contributed by atoms with Crippen LogP contribution in [0.1, 0.15) is 48.9 Å². The largest absolute Gasteiger partial charge is 0.489 e. The van der Waals surface area contributed by atoms with Gasteiger partial charge in [0.1, 0.15) is 12.4 Å². The Bertz CT molecular complexity index is 748. The molecule has 0 bridgehead atoms. The van der Waals surface area contributed by atoms with E-state index in [0.717, 1.165) is 36.1 Å². The summed E-state index contributed by atoms with van der Waals surface area (Å²) >= 11 is 0. The summed E-state index contributed by atoms with van der Waals surface area (Å²) in [6, 6.07) is 16.4. The summed E-state index contributed by atoms with van der Waals surface area (Å²) in [4.78, 5) is 12.3. The molecule has 27 heavy (non-hydrogen) atoms. The third-order valence-corrected chi connectivity index (χ3v) is 5.07. The lowest BCUT2D eigenvalue weighted by Crippen LogP contribution is -2.32. The number of ether oxygens (including phenoxy) is 1. The average molecular weight is 389 g/mol. The van der Waals surface area contributed by atoms with Crippen LogP contribution in [-0.2, 0) is 11.4 Å². The van der Waals surface area contributed by atoms with Crippen molar-refractivity contribution in [2.75, 3.05) is 0 Å². The zero-order valence-corrected chi connectivity index (χ0v) is 16.8. The lowest BCUT2D eigenvalue weighted by Gasteiger charge is -2.18. The number of carbonyl (C=O) groups excluding carboxylic acids is 1. The van der Waals surface area contributed by atoms with Crippen molar-refractivity contribution in [1.82, 2.24) is 5.32 Å². The minimum atomic E-state index is -0.0230. The fourth-order valence-corrected chi connectivity index (χ4v) is 3.49. The average Bonchev–Trinajstić information content (AvgIpc) is 3.07. The van der Waals surface area contributed by atoms with Gasteiger partial charge in [0.05, 0.1) is 6.04 Å². The Morgan fingerprint density at radius 1 is 1.22 bits per heavy atom. The van der Waals surface area contributed by atoms with E-state index >= 15 is 0 Å². The Morgan fingerprint density at radius 2 is 1.96 bits per heavy atom. The molecule has 3 unspecified atom stereocenters. The van der Waals surface area contributed by atoms with Crippen molar-refractivity contribution >= 4 is 18.3 Å².